The van der Waals surface area contributed by atoms with Crippen molar-refractivity contribution in [1.82, 2.24) is 15.0 Å². The summed E-state index contributed by atoms with van der Waals surface area (Å²) in [6, 6.07) is 6.19. The van der Waals surface area contributed by atoms with Crippen molar-refractivity contribution in [2.24, 2.45) is 5.73 Å². The van der Waals surface area contributed by atoms with Crippen molar-refractivity contribution in [2.75, 3.05) is 0 Å². The van der Waals surface area contributed by atoms with Gasteiger partial charge in [0.2, 0.25) is 0 Å². The Morgan fingerprint density at radius 1 is 1.35 bits per heavy atom. The Labute approximate surface area is 115 Å². The summed E-state index contributed by atoms with van der Waals surface area (Å²) in [4.78, 5) is 0. The standard InChI is InChI=1S/C13H16F2N4O/c1-2-5-9(16)10-8-19(18-17-10)11-6-3-4-7-12(11)20-13(14)15/h3-4,6-9,13H,2,5,16H2,1H3. The van der Waals surface area contributed by atoms with Crippen LogP contribution in [0.2, 0.25) is 0 Å². The molecule has 0 spiro atoms. The lowest BCUT2D eigenvalue weighted by molar-refractivity contribution is -0.0499. The molecule has 1 unspecified atom stereocenters. The maximum absolute atomic E-state index is 12.4. The highest BCUT2D eigenvalue weighted by Crippen LogP contribution is 2.24. The molecule has 1 heterocycles. The second-order valence-corrected chi connectivity index (χ2v) is 4.33. The molecule has 108 valence electrons. The van der Waals surface area contributed by atoms with Gasteiger partial charge in [0.25, 0.3) is 0 Å². The molecule has 0 aliphatic rings. The molecule has 0 aliphatic carbocycles. The molecule has 0 fully saturated rings. The molecule has 5 nitrogen and oxygen atoms in total. The van der Waals surface area contributed by atoms with Crippen LogP contribution < -0.4 is 10.5 Å². The number of alkyl halides is 2. The molecule has 2 aromatic rings. The Morgan fingerprint density at radius 2 is 2.10 bits per heavy atom. The van der Waals surface area contributed by atoms with E-state index in [1.54, 1.807) is 24.4 Å². The van der Waals surface area contributed by atoms with E-state index in [0.29, 0.717) is 11.4 Å². The summed E-state index contributed by atoms with van der Waals surface area (Å²) < 4.78 is 30.6. The first-order valence-electron chi connectivity index (χ1n) is 6.34. The summed E-state index contributed by atoms with van der Waals surface area (Å²) in [7, 11) is 0. The van der Waals surface area contributed by atoms with E-state index in [9.17, 15) is 8.78 Å². The molecule has 0 saturated carbocycles. The van der Waals surface area contributed by atoms with Gasteiger partial charge in [-0.05, 0) is 18.6 Å². The number of aromatic nitrogens is 3. The van der Waals surface area contributed by atoms with Crippen LogP contribution >= 0.6 is 0 Å². The predicted molar refractivity (Wildman–Crippen MR) is 69.8 cm³/mol. The Bertz CT molecular complexity index is 559. The number of nitrogens with zero attached hydrogens (tertiary/aromatic N) is 3. The van der Waals surface area contributed by atoms with Gasteiger partial charge in [-0.2, -0.15) is 8.78 Å². The van der Waals surface area contributed by atoms with Crippen molar-refractivity contribution in [1.29, 1.82) is 0 Å². The van der Waals surface area contributed by atoms with Crippen LogP contribution in [0.1, 0.15) is 31.5 Å². The molecule has 0 radical (unpaired) electrons. The van der Waals surface area contributed by atoms with Gasteiger partial charge >= 0.3 is 6.61 Å². The number of ether oxygens (including phenoxy) is 1. The van der Waals surface area contributed by atoms with Gasteiger partial charge in [0.05, 0.1) is 17.9 Å². The fourth-order valence-corrected chi connectivity index (χ4v) is 1.87. The van der Waals surface area contributed by atoms with E-state index in [2.05, 4.69) is 15.0 Å². The molecule has 1 aromatic carbocycles. The molecule has 20 heavy (non-hydrogen) atoms. The zero-order chi connectivity index (χ0) is 14.5. The number of nitrogens with two attached hydrogens (primary N) is 1. The maximum Gasteiger partial charge on any atom is 0.387 e. The van der Waals surface area contributed by atoms with Crippen LogP contribution in [0.25, 0.3) is 5.69 Å². The largest absolute Gasteiger partial charge is 0.433 e. The molecule has 2 rings (SSSR count). The van der Waals surface area contributed by atoms with Crippen LogP contribution in [0, 0.1) is 0 Å². The van der Waals surface area contributed by atoms with Gasteiger partial charge in [-0.25, -0.2) is 4.68 Å². The molecule has 0 bridgehead atoms. The first-order chi connectivity index (χ1) is 9.61. The van der Waals surface area contributed by atoms with Crippen LogP contribution in [-0.4, -0.2) is 21.6 Å². The lowest BCUT2D eigenvalue weighted by atomic mass is 10.1. The van der Waals surface area contributed by atoms with E-state index in [-0.39, 0.29) is 11.8 Å². The van der Waals surface area contributed by atoms with Crippen molar-refractivity contribution in [3.63, 3.8) is 0 Å². The van der Waals surface area contributed by atoms with E-state index < -0.39 is 6.61 Å². The third kappa shape index (κ3) is 3.30. The first kappa shape index (κ1) is 14.4. The van der Waals surface area contributed by atoms with Crippen LogP contribution in [0.5, 0.6) is 5.75 Å². The highest BCUT2D eigenvalue weighted by Gasteiger charge is 2.14. The molecule has 1 atom stereocenters. The van der Waals surface area contributed by atoms with E-state index in [0.717, 1.165) is 12.8 Å². The molecular weight excluding hydrogens is 266 g/mol. The molecule has 2 N–H and O–H groups in total. The van der Waals surface area contributed by atoms with Crippen LogP contribution in [0.15, 0.2) is 30.5 Å². The van der Waals surface area contributed by atoms with Crippen LogP contribution in [-0.2, 0) is 0 Å². The van der Waals surface area contributed by atoms with E-state index >= 15 is 0 Å². The lowest BCUT2D eigenvalue weighted by Gasteiger charge is -2.09. The van der Waals surface area contributed by atoms with Gasteiger partial charge in [0.1, 0.15) is 5.69 Å². The predicted octanol–water partition coefficient (Wildman–Crippen LogP) is 2.67. The summed E-state index contributed by atoms with van der Waals surface area (Å²) in [5, 5.41) is 7.90. The molecular formula is C13H16F2N4O. The normalized spacial score (nSPS) is 12.7. The second-order valence-electron chi connectivity index (χ2n) is 4.33. The minimum atomic E-state index is -2.89. The molecule has 0 saturated heterocycles. The lowest BCUT2D eigenvalue weighted by Crippen LogP contribution is -2.10. The number of benzene rings is 1. The number of halogens is 2. The molecule has 7 heteroatoms. The minimum absolute atomic E-state index is 0.0445. The van der Waals surface area contributed by atoms with Crippen LogP contribution in [0.3, 0.4) is 0 Å². The van der Waals surface area contributed by atoms with E-state index in [4.69, 9.17) is 5.73 Å². The summed E-state index contributed by atoms with van der Waals surface area (Å²) in [6.07, 6.45) is 3.35. The molecule has 0 aliphatic heterocycles. The summed E-state index contributed by atoms with van der Waals surface area (Å²) in [6.45, 7) is -0.864. The third-order valence-corrected chi connectivity index (χ3v) is 2.82. The fourth-order valence-electron chi connectivity index (χ4n) is 1.87. The number of hydrogen-bond donors (Lipinski definition) is 1. The smallest absolute Gasteiger partial charge is 0.387 e. The zero-order valence-corrected chi connectivity index (χ0v) is 11.0. The number of rotatable bonds is 6. The third-order valence-electron chi connectivity index (χ3n) is 2.82. The van der Waals surface area contributed by atoms with Crippen molar-refractivity contribution >= 4 is 0 Å². The maximum atomic E-state index is 12.4. The van der Waals surface area contributed by atoms with Gasteiger partial charge in [-0.1, -0.05) is 30.7 Å². The van der Waals surface area contributed by atoms with Gasteiger partial charge in [0, 0.05) is 0 Å². The fraction of sp³-hybridized carbons (Fsp3) is 0.385. The van der Waals surface area contributed by atoms with Crippen molar-refractivity contribution in [3.05, 3.63) is 36.2 Å². The van der Waals surface area contributed by atoms with E-state index in [1.165, 1.54) is 10.7 Å². The van der Waals surface area contributed by atoms with Gasteiger partial charge in [-0.15, -0.1) is 5.10 Å². The quantitative estimate of drug-likeness (QED) is 0.884. The highest BCUT2D eigenvalue weighted by atomic mass is 19.3. The van der Waals surface area contributed by atoms with Gasteiger partial charge in [0.15, 0.2) is 5.75 Å². The molecule has 0 amide bonds. The Balaban J connectivity index is 2.28. The monoisotopic (exact) mass is 282 g/mol. The van der Waals surface area contributed by atoms with Crippen molar-refractivity contribution in [3.8, 4) is 11.4 Å². The molecule has 1 aromatic heterocycles. The highest BCUT2D eigenvalue weighted by molar-refractivity contribution is 5.45. The number of para-hydroxylation sites is 2. The van der Waals surface area contributed by atoms with Crippen LogP contribution in [0.4, 0.5) is 8.78 Å². The zero-order valence-electron chi connectivity index (χ0n) is 11.0. The summed E-state index contributed by atoms with van der Waals surface area (Å²) in [5.41, 5.74) is 6.97. The Morgan fingerprint density at radius 3 is 2.80 bits per heavy atom. The summed E-state index contributed by atoms with van der Waals surface area (Å²) in [5.74, 6) is 0.0445. The topological polar surface area (TPSA) is 66.0 Å². The first-order valence-corrected chi connectivity index (χ1v) is 6.34. The average Bonchev–Trinajstić information content (AvgIpc) is 2.88. The minimum Gasteiger partial charge on any atom is -0.433 e. The SMILES string of the molecule is CCCC(N)c1cn(-c2ccccc2OC(F)F)nn1. The van der Waals surface area contributed by atoms with E-state index in [1.807, 2.05) is 6.92 Å². The number of hydrogen-bond acceptors (Lipinski definition) is 4. The van der Waals surface area contributed by atoms with Crippen molar-refractivity contribution < 1.29 is 13.5 Å². The summed E-state index contributed by atoms with van der Waals surface area (Å²) >= 11 is 0. The Hall–Kier alpha value is -2.02. The average molecular weight is 282 g/mol. The van der Waals surface area contributed by atoms with Gasteiger partial charge in [-0.3, -0.25) is 0 Å². The Kier molecular flexibility index (Phi) is 4.62. The van der Waals surface area contributed by atoms with Crippen molar-refractivity contribution in [2.45, 2.75) is 32.4 Å². The van der Waals surface area contributed by atoms with Gasteiger partial charge < -0.3 is 10.5 Å². The second kappa shape index (κ2) is 6.42.